The van der Waals surface area contributed by atoms with Crippen LogP contribution < -0.4 is 0 Å². The Kier molecular flexibility index (Phi) is 6.75. The van der Waals surface area contributed by atoms with Gasteiger partial charge in [0, 0.05) is 19.0 Å². The molecule has 5 heteroatoms. The van der Waals surface area contributed by atoms with Crippen molar-refractivity contribution in [1.82, 2.24) is 4.90 Å². The number of esters is 1. The van der Waals surface area contributed by atoms with E-state index in [1.54, 1.807) is 0 Å². The summed E-state index contributed by atoms with van der Waals surface area (Å²) in [6.45, 7) is 7.05. The number of hydrogen-bond acceptors (Lipinski definition) is 3. The van der Waals surface area contributed by atoms with Crippen LogP contribution in [0.1, 0.15) is 39.5 Å². The Bertz CT molecular complexity index is 272. The topological polar surface area (TPSA) is 29.5 Å². The van der Waals surface area contributed by atoms with Crippen molar-refractivity contribution in [3.05, 3.63) is 0 Å². The first-order valence-corrected chi connectivity index (χ1v) is 7.51. The van der Waals surface area contributed by atoms with Gasteiger partial charge in [-0.1, -0.05) is 13.3 Å². The monoisotopic (exact) mass is 295 g/mol. The Balaban J connectivity index is 2.29. The molecule has 0 aromatic rings. The summed E-state index contributed by atoms with van der Waals surface area (Å²) >= 11 is 12.1. The van der Waals surface area contributed by atoms with Gasteiger partial charge >= 0.3 is 5.97 Å². The predicted octanol–water partition coefficient (Wildman–Crippen LogP) is 3.24. The molecule has 18 heavy (non-hydrogen) atoms. The number of rotatable bonds is 9. The first kappa shape index (κ1) is 16.1. The maximum atomic E-state index is 11.3. The lowest BCUT2D eigenvalue weighted by atomic mass is 10.2. The van der Waals surface area contributed by atoms with E-state index in [9.17, 15) is 4.79 Å². The minimum atomic E-state index is -0.533. The van der Waals surface area contributed by atoms with Crippen molar-refractivity contribution >= 4 is 29.2 Å². The molecule has 1 aliphatic carbocycles. The minimum Gasteiger partial charge on any atom is -0.466 e. The van der Waals surface area contributed by atoms with Gasteiger partial charge < -0.3 is 9.64 Å². The highest BCUT2D eigenvalue weighted by Crippen LogP contribution is 2.53. The lowest BCUT2D eigenvalue weighted by Gasteiger charge is -2.21. The van der Waals surface area contributed by atoms with Crippen LogP contribution in [0.2, 0.25) is 0 Å². The zero-order valence-corrected chi connectivity index (χ0v) is 12.8. The number of carbonyl (C=O) groups excluding carboxylic acids is 1. The van der Waals surface area contributed by atoms with Gasteiger partial charge in [-0.25, -0.2) is 0 Å². The molecule has 1 rings (SSSR count). The molecule has 3 nitrogen and oxygen atoms in total. The molecule has 1 unspecified atom stereocenters. The van der Waals surface area contributed by atoms with Gasteiger partial charge in [0.2, 0.25) is 0 Å². The Morgan fingerprint density at radius 2 is 2.06 bits per heavy atom. The molecule has 106 valence electrons. The van der Waals surface area contributed by atoms with E-state index < -0.39 is 4.33 Å². The molecule has 1 atom stereocenters. The summed E-state index contributed by atoms with van der Waals surface area (Å²) in [7, 11) is 0. The van der Waals surface area contributed by atoms with E-state index in [0.29, 0.717) is 18.9 Å². The lowest BCUT2D eigenvalue weighted by Crippen LogP contribution is -2.31. The average Bonchev–Trinajstić information content (AvgIpc) is 2.90. The largest absolute Gasteiger partial charge is 0.466 e. The minimum absolute atomic E-state index is 0.127. The molecule has 0 amide bonds. The van der Waals surface area contributed by atoms with Gasteiger partial charge in [0.1, 0.15) is 4.33 Å². The van der Waals surface area contributed by atoms with Crippen LogP contribution in [0.3, 0.4) is 0 Å². The smallest absolute Gasteiger partial charge is 0.307 e. The summed E-state index contributed by atoms with van der Waals surface area (Å²) in [5.41, 5.74) is 0. The second-order valence-corrected chi connectivity index (χ2v) is 6.41. The number of alkyl halides is 2. The number of ether oxygens (including phenoxy) is 1. The van der Waals surface area contributed by atoms with E-state index in [1.165, 1.54) is 0 Å². The van der Waals surface area contributed by atoms with Crippen LogP contribution >= 0.6 is 23.2 Å². The molecule has 0 radical (unpaired) electrons. The van der Waals surface area contributed by atoms with Crippen molar-refractivity contribution in [1.29, 1.82) is 0 Å². The highest BCUT2D eigenvalue weighted by molar-refractivity contribution is 6.50. The molecule has 1 aliphatic rings. The zero-order valence-electron chi connectivity index (χ0n) is 11.3. The molecule has 0 spiro atoms. The maximum Gasteiger partial charge on any atom is 0.307 e. The first-order valence-electron chi connectivity index (χ1n) is 6.75. The SMILES string of the molecule is CCCCN(CCC(=O)OCC)CC1CC1(Cl)Cl. The summed E-state index contributed by atoms with van der Waals surface area (Å²) in [4.78, 5) is 13.6. The van der Waals surface area contributed by atoms with Crippen molar-refractivity contribution in [2.24, 2.45) is 5.92 Å². The summed E-state index contributed by atoms with van der Waals surface area (Å²) in [6, 6.07) is 0. The van der Waals surface area contributed by atoms with Crippen LogP contribution in [-0.2, 0) is 9.53 Å². The van der Waals surface area contributed by atoms with E-state index in [0.717, 1.165) is 38.9 Å². The Morgan fingerprint density at radius 1 is 1.39 bits per heavy atom. The average molecular weight is 296 g/mol. The molecule has 1 saturated carbocycles. The fourth-order valence-corrected chi connectivity index (χ4v) is 2.45. The number of hydrogen-bond donors (Lipinski definition) is 0. The van der Waals surface area contributed by atoms with Crippen LogP contribution in [0, 0.1) is 5.92 Å². The zero-order chi connectivity index (χ0) is 13.6. The fraction of sp³-hybridized carbons (Fsp3) is 0.923. The van der Waals surface area contributed by atoms with Gasteiger partial charge in [0.15, 0.2) is 0 Å². The number of carbonyl (C=O) groups is 1. The summed E-state index contributed by atoms with van der Waals surface area (Å²) in [5.74, 6) is 0.220. The van der Waals surface area contributed by atoms with E-state index in [-0.39, 0.29) is 5.97 Å². The normalized spacial score (nSPS) is 21.1. The van der Waals surface area contributed by atoms with Crippen LogP contribution in [0.5, 0.6) is 0 Å². The Hall–Kier alpha value is 0.01000. The van der Waals surface area contributed by atoms with E-state index in [2.05, 4.69) is 11.8 Å². The van der Waals surface area contributed by atoms with Crippen molar-refractivity contribution in [2.45, 2.75) is 43.9 Å². The second-order valence-electron chi connectivity index (χ2n) is 4.87. The third kappa shape index (κ3) is 5.77. The van der Waals surface area contributed by atoms with Crippen LogP contribution in [0.4, 0.5) is 0 Å². The number of halogens is 2. The van der Waals surface area contributed by atoms with Crippen molar-refractivity contribution < 1.29 is 9.53 Å². The maximum absolute atomic E-state index is 11.3. The molecule has 0 heterocycles. The van der Waals surface area contributed by atoms with Crippen LogP contribution in [-0.4, -0.2) is 41.4 Å². The van der Waals surface area contributed by atoms with Gasteiger partial charge in [-0.15, -0.1) is 23.2 Å². The van der Waals surface area contributed by atoms with E-state index in [1.807, 2.05) is 6.92 Å². The van der Waals surface area contributed by atoms with Gasteiger partial charge in [0.25, 0.3) is 0 Å². The standard InChI is InChI=1S/C13H23Cl2NO2/c1-3-5-7-16(8-6-12(17)18-4-2)10-11-9-13(11,14)15/h11H,3-10H2,1-2H3. The summed E-state index contributed by atoms with van der Waals surface area (Å²) < 4.78 is 4.41. The molecule has 0 N–H and O–H groups in total. The third-order valence-electron chi connectivity index (χ3n) is 3.20. The van der Waals surface area contributed by atoms with Gasteiger partial charge in [-0.05, 0) is 26.3 Å². The third-order valence-corrected chi connectivity index (χ3v) is 4.13. The number of nitrogens with zero attached hydrogens (tertiary/aromatic N) is 1. The van der Waals surface area contributed by atoms with Crippen LogP contribution in [0.15, 0.2) is 0 Å². The van der Waals surface area contributed by atoms with Crippen molar-refractivity contribution in [2.75, 3.05) is 26.2 Å². The fourth-order valence-electron chi connectivity index (χ4n) is 1.94. The van der Waals surface area contributed by atoms with Gasteiger partial charge in [-0.2, -0.15) is 0 Å². The van der Waals surface area contributed by atoms with Gasteiger partial charge in [0.05, 0.1) is 13.0 Å². The molecule has 0 aromatic carbocycles. The van der Waals surface area contributed by atoms with E-state index in [4.69, 9.17) is 27.9 Å². The molecule has 1 fully saturated rings. The van der Waals surface area contributed by atoms with Crippen LogP contribution in [0.25, 0.3) is 0 Å². The lowest BCUT2D eigenvalue weighted by molar-refractivity contribution is -0.143. The Labute approximate surface area is 120 Å². The summed E-state index contributed by atoms with van der Waals surface area (Å²) in [6.07, 6.45) is 3.58. The molecule has 0 saturated heterocycles. The van der Waals surface area contributed by atoms with Gasteiger partial charge in [-0.3, -0.25) is 4.79 Å². The Morgan fingerprint density at radius 3 is 2.56 bits per heavy atom. The molecular weight excluding hydrogens is 273 g/mol. The second kappa shape index (κ2) is 7.56. The highest BCUT2D eigenvalue weighted by atomic mass is 35.5. The van der Waals surface area contributed by atoms with E-state index >= 15 is 0 Å². The summed E-state index contributed by atoms with van der Waals surface area (Å²) in [5, 5.41) is 0. The molecular formula is C13H23Cl2NO2. The highest BCUT2D eigenvalue weighted by Gasteiger charge is 2.51. The molecule has 0 aliphatic heterocycles. The number of unbranched alkanes of at least 4 members (excludes halogenated alkanes) is 1. The quantitative estimate of drug-likeness (QED) is 0.483. The van der Waals surface area contributed by atoms with Crippen molar-refractivity contribution in [3.63, 3.8) is 0 Å². The first-order chi connectivity index (χ1) is 8.49. The predicted molar refractivity (Wildman–Crippen MR) is 75.1 cm³/mol. The molecule has 0 aromatic heterocycles. The molecule has 0 bridgehead atoms. The van der Waals surface area contributed by atoms with Crippen molar-refractivity contribution in [3.8, 4) is 0 Å².